The van der Waals surface area contributed by atoms with Crippen molar-refractivity contribution >= 4 is 5.91 Å². The minimum Gasteiger partial charge on any atom is -0.375 e. The van der Waals surface area contributed by atoms with Crippen LogP contribution in [0.3, 0.4) is 0 Å². The molecule has 20 heavy (non-hydrogen) atoms. The van der Waals surface area contributed by atoms with E-state index in [2.05, 4.69) is 17.6 Å². The normalized spacial score (nSPS) is 30.9. The maximum atomic E-state index is 12.0. The molecule has 4 heteroatoms. The van der Waals surface area contributed by atoms with Gasteiger partial charge in [-0.1, -0.05) is 26.2 Å². The largest absolute Gasteiger partial charge is 0.375 e. The zero-order valence-electron chi connectivity index (χ0n) is 12.8. The molecule has 2 aliphatic rings. The van der Waals surface area contributed by atoms with Crippen molar-refractivity contribution < 1.29 is 9.53 Å². The molecule has 1 saturated heterocycles. The van der Waals surface area contributed by atoms with E-state index in [1.165, 1.54) is 32.1 Å². The van der Waals surface area contributed by atoms with Crippen molar-refractivity contribution in [3.8, 4) is 0 Å². The highest BCUT2D eigenvalue weighted by molar-refractivity contribution is 5.76. The molecule has 2 fully saturated rings. The van der Waals surface area contributed by atoms with E-state index in [0.717, 1.165) is 38.5 Å². The van der Waals surface area contributed by atoms with Crippen LogP contribution in [0.1, 0.15) is 58.3 Å². The van der Waals surface area contributed by atoms with Crippen molar-refractivity contribution in [3.05, 3.63) is 0 Å². The van der Waals surface area contributed by atoms with Crippen LogP contribution in [0, 0.1) is 5.92 Å². The summed E-state index contributed by atoms with van der Waals surface area (Å²) in [4.78, 5) is 12.0. The predicted molar refractivity (Wildman–Crippen MR) is 80.6 cm³/mol. The Balaban J connectivity index is 1.60. The topological polar surface area (TPSA) is 50.4 Å². The molecule has 0 aromatic carbocycles. The van der Waals surface area contributed by atoms with Gasteiger partial charge in [0.05, 0.1) is 19.1 Å². The second-order valence-corrected chi connectivity index (χ2v) is 6.33. The third kappa shape index (κ3) is 5.41. The molecule has 0 radical (unpaired) electrons. The van der Waals surface area contributed by atoms with Gasteiger partial charge in [0.2, 0.25) is 5.91 Å². The molecule has 0 aromatic rings. The molecule has 2 rings (SSSR count). The summed E-state index contributed by atoms with van der Waals surface area (Å²) in [5.41, 5.74) is 0. The smallest absolute Gasteiger partial charge is 0.222 e. The van der Waals surface area contributed by atoms with Crippen molar-refractivity contribution in [2.45, 2.75) is 70.4 Å². The molecule has 2 N–H and O–H groups in total. The summed E-state index contributed by atoms with van der Waals surface area (Å²) in [6, 6.07) is 0.400. The van der Waals surface area contributed by atoms with Crippen LogP contribution < -0.4 is 10.6 Å². The molecule has 0 bridgehead atoms. The van der Waals surface area contributed by atoms with Crippen molar-refractivity contribution in [3.63, 3.8) is 0 Å². The Hall–Kier alpha value is -0.610. The SMILES string of the molecule is CCCCC1CCC(NC(=O)C[C@H]2CNCCO2)CC1. The van der Waals surface area contributed by atoms with Crippen LogP contribution >= 0.6 is 0 Å². The number of rotatable bonds is 6. The summed E-state index contributed by atoms with van der Waals surface area (Å²) in [5.74, 6) is 1.06. The number of carbonyl (C=O) groups is 1. The second kappa shape index (κ2) is 8.63. The molecule has 1 atom stereocenters. The van der Waals surface area contributed by atoms with Crippen molar-refractivity contribution in [1.29, 1.82) is 0 Å². The first-order chi connectivity index (χ1) is 9.78. The van der Waals surface area contributed by atoms with Crippen LogP contribution in [0.4, 0.5) is 0 Å². The number of ether oxygens (including phenoxy) is 1. The van der Waals surface area contributed by atoms with Crippen molar-refractivity contribution in [2.24, 2.45) is 5.92 Å². The fourth-order valence-electron chi connectivity index (χ4n) is 3.33. The number of nitrogens with one attached hydrogen (secondary N) is 2. The van der Waals surface area contributed by atoms with Crippen molar-refractivity contribution in [2.75, 3.05) is 19.7 Å². The lowest BCUT2D eigenvalue weighted by molar-refractivity contribution is -0.125. The molecule has 1 aliphatic carbocycles. The molecule has 1 heterocycles. The van der Waals surface area contributed by atoms with Gasteiger partial charge in [0.25, 0.3) is 0 Å². The average molecular weight is 282 g/mol. The van der Waals surface area contributed by atoms with Gasteiger partial charge >= 0.3 is 0 Å². The third-order valence-electron chi connectivity index (χ3n) is 4.60. The molecule has 1 amide bonds. The quantitative estimate of drug-likeness (QED) is 0.785. The minimum atomic E-state index is 0.0599. The standard InChI is InChI=1S/C16H30N2O2/c1-2-3-4-13-5-7-14(8-6-13)18-16(19)11-15-12-17-9-10-20-15/h13-15,17H,2-12H2,1H3,(H,18,19)/t13?,14?,15-/m0/s1. The van der Waals surface area contributed by atoms with Crippen molar-refractivity contribution in [1.82, 2.24) is 10.6 Å². The lowest BCUT2D eigenvalue weighted by atomic mass is 9.83. The number of morpholine rings is 1. The highest BCUT2D eigenvalue weighted by Crippen LogP contribution is 2.28. The average Bonchev–Trinajstić information content (AvgIpc) is 2.47. The maximum Gasteiger partial charge on any atom is 0.222 e. The Morgan fingerprint density at radius 3 is 2.75 bits per heavy atom. The van der Waals surface area contributed by atoms with E-state index < -0.39 is 0 Å². The monoisotopic (exact) mass is 282 g/mol. The summed E-state index contributed by atoms with van der Waals surface area (Å²) in [5, 5.41) is 6.46. The van der Waals surface area contributed by atoms with Gasteiger partial charge in [0, 0.05) is 19.1 Å². The molecule has 1 saturated carbocycles. The van der Waals surface area contributed by atoms with Crippen LogP contribution in [-0.2, 0) is 9.53 Å². The van der Waals surface area contributed by atoms with Gasteiger partial charge in [-0.15, -0.1) is 0 Å². The Bertz CT molecular complexity index is 282. The fraction of sp³-hybridized carbons (Fsp3) is 0.938. The highest BCUT2D eigenvalue weighted by Gasteiger charge is 2.23. The molecule has 0 aromatic heterocycles. The van der Waals surface area contributed by atoms with E-state index in [4.69, 9.17) is 4.74 Å². The Morgan fingerprint density at radius 2 is 2.10 bits per heavy atom. The molecule has 0 unspecified atom stereocenters. The Kier molecular flexibility index (Phi) is 6.80. The van der Waals surface area contributed by atoms with E-state index in [1.807, 2.05) is 0 Å². The van der Waals surface area contributed by atoms with Crippen LogP contribution in [0.25, 0.3) is 0 Å². The summed E-state index contributed by atoms with van der Waals surface area (Å²) in [7, 11) is 0. The molecule has 1 aliphatic heterocycles. The first kappa shape index (κ1) is 15.8. The number of carbonyl (C=O) groups excluding carboxylic acids is 1. The highest BCUT2D eigenvalue weighted by atomic mass is 16.5. The molecule has 4 nitrogen and oxygen atoms in total. The molecular weight excluding hydrogens is 252 g/mol. The Morgan fingerprint density at radius 1 is 1.30 bits per heavy atom. The second-order valence-electron chi connectivity index (χ2n) is 6.33. The Labute approximate surface area is 123 Å². The lowest BCUT2D eigenvalue weighted by Gasteiger charge is -2.30. The summed E-state index contributed by atoms with van der Waals surface area (Å²) < 4.78 is 5.58. The van der Waals surface area contributed by atoms with Crippen LogP contribution in [0.2, 0.25) is 0 Å². The molecule has 0 spiro atoms. The van der Waals surface area contributed by atoms with Crippen LogP contribution in [-0.4, -0.2) is 37.7 Å². The van der Waals surface area contributed by atoms with Gasteiger partial charge in [-0.3, -0.25) is 4.79 Å². The predicted octanol–water partition coefficient (Wildman–Crippen LogP) is 2.23. The minimum absolute atomic E-state index is 0.0599. The van der Waals surface area contributed by atoms with Crippen LogP contribution in [0.15, 0.2) is 0 Å². The van der Waals surface area contributed by atoms with E-state index in [1.54, 1.807) is 0 Å². The number of hydrogen-bond acceptors (Lipinski definition) is 3. The van der Waals surface area contributed by atoms with Gasteiger partial charge in [0.15, 0.2) is 0 Å². The zero-order chi connectivity index (χ0) is 14.2. The fourth-order valence-corrected chi connectivity index (χ4v) is 3.33. The molecule has 116 valence electrons. The zero-order valence-corrected chi connectivity index (χ0v) is 12.8. The van der Waals surface area contributed by atoms with Gasteiger partial charge in [-0.05, 0) is 31.6 Å². The first-order valence-corrected chi connectivity index (χ1v) is 8.39. The summed E-state index contributed by atoms with van der Waals surface area (Å²) in [6.07, 6.45) is 9.47. The number of unbranched alkanes of at least 4 members (excludes halogenated alkanes) is 1. The molecular formula is C16H30N2O2. The van der Waals surface area contributed by atoms with Crippen LogP contribution in [0.5, 0.6) is 0 Å². The first-order valence-electron chi connectivity index (χ1n) is 8.39. The van der Waals surface area contributed by atoms with Gasteiger partial charge < -0.3 is 15.4 Å². The van der Waals surface area contributed by atoms with E-state index in [0.29, 0.717) is 12.5 Å². The maximum absolute atomic E-state index is 12.0. The van der Waals surface area contributed by atoms with Gasteiger partial charge in [-0.2, -0.15) is 0 Å². The van der Waals surface area contributed by atoms with E-state index >= 15 is 0 Å². The van der Waals surface area contributed by atoms with Gasteiger partial charge in [-0.25, -0.2) is 0 Å². The lowest BCUT2D eigenvalue weighted by Crippen LogP contribution is -2.44. The van der Waals surface area contributed by atoms with E-state index in [-0.39, 0.29) is 12.0 Å². The summed E-state index contributed by atoms with van der Waals surface area (Å²) >= 11 is 0. The third-order valence-corrected chi connectivity index (χ3v) is 4.60. The summed E-state index contributed by atoms with van der Waals surface area (Å²) in [6.45, 7) is 4.69. The van der Waals surface area contributed by atoms with Gasteiger partial charge in [0.1, 0.15) is 0 Å². The number of amides is 1. The van der Waals surface area contributed by atoms with E-state index in [9.17, 15) is 4.79 Å². The number of hydrogen-bond donors (Lipinski definition) is 2.